The highest BCUT2D eigenvalue weighted by molar-refractivity contribution is 7.89. The summed E-state index contributed by atoms with van der Waals surface area (Å²) in [6, 6.07) is 20.1. The molecule has 35 heavy (non-hydrogen) atoms. The molecule has 0 bridgehead atoms. The molecule has 5 rings (SSSR count). The van der Waals surface area contributed by atoms with Crippen molar-refractivity contribution >= 4 is 32.6 Å². The van der Waals surface area contributed by atoms with Gasteiger partial charge in [0.05, 0.1) is 17.5 Å². The minimum Gasteiger partial charge on any atom is -0.368 e. The van der Waals surface area contributed by atoms with Crippen LogP contribution in [0.1, 0.15) is 11.1 Å². The number of piperazine rings is 1. The van der Waals surface area contributed by atoms with Crippen molar-refractivity contribution in [3.8, 4) is 0 Å². The van der Waals surface area contributed by atoms with E-state index in [1.807, 2.05) is 59.5 Å². The number of carbonyl (C=O) groups is 2. The van der Waals surface area contributed by atoms with Crippen LogP contribution in [0.2, 0.25) is 0 Å². The van der Waals surface area contributed by atoms with Crippen LogP contribution in [0, 0.1) is 0 Å². The second-order valence-electron chi connectivity index (χ2n) is 9.09. The molecular formula is C26H28N4O4S. The number of carbonyl (C=O) groups excluding carboxylic acids is 2. The van der Waals surface area contributed by atoms with Gasteiger partial charge < -0.3 is 10.6 Å². The van der Waals surface area contributed by atoms with Crippen LogP contribution >= 0.6 is 0 Å². The number of rotatable bonds is 5. The van der Waals surface area contributed by atoms with Crippen LogP contribution in [0.4, 0.5) is 0 Å². The van der Waals surface area contributed by atoms with Crippen molar-refractivity contribution in [1.29, 1.82) is 0 Å². The molecule has 0 radical (unpaired) electrons. The van der Waals surface area contributed by atoms with Crippen molar-refractivity contribution in [3.05, 3.63) is 77.9 Å². The summed E-state index contributed by atoms with van der Waals surface area (Å²) in [6.45, 7) is 1.60. The number of nitrogens with two attached hydrogens (primary N) is 1. The Morgan fingerprint density at radius 3 is 2.23 bits per heavy atom. The zero-order chi connectivity index (χ0) is 24.6. The van der Waals surface area contributed by atoms with Crippen LogP contribution in [0.3, 0.4) is 0 Å². The first-order valence-electron chi connectivity index (χ1n) is 11.7. The van der Waals surface area contributed by atoms with Gasteiger partial charge in [0.15, 0.2) is 0 Å². The molecule has 2 aliphatic heterocycles. The maximum atomic E-state index is 13.2. The van der Waals surface area contributed by atoms with E-state index >= 15 is 0 Å². The quantitative estimate of drug-likeness (QED) is 0.583. The highest BCUT2D eigenvalue weighted by Crippen LogP contribution is 2.25. The van der Waals surface area contributed by atoms with Crippen LogP contribution < -0.4 is 5.73 Å². The molecule has 0 aromatic heterocycles. The predicted octanol–water partition coefficient (Wildman–Crippen LogP) is 1.58. The summed E-state index contributed by atoms with van der Waals surface area (Å²) in [5.74, 6) is -0.572. The van der Waals surface area contributed by atoms with E-state index in [-0.39, 0.29) is 30.4 Å². The lowest BCUT2D eigenvalue weighted by Crippen LogP contribution is -2.55. The van der Waals surface area contributed by atoms with Crippen LogP contribution in [-0.4, -0.2) is 73.1 Å². The van der Waals surface area contributed by atoms with Crippen LogP contribution in [-0.2, 0) is 32.6 Å². The standard InChI is InChI=1S/C26H28N4O4S/c27-26(32)24-16-21-7-3-4-8-22(21)17-29(24)18-25(31)28-11-13-30(14-12-28)35(33,34)23-10-9-19-5-1-2-6-20(19)15-23/h1-10,15,24H,11-14,16-18H2,(H2,27,32)/t24-/m0/s1. The van der Waals surface area contributed by atoms with Crippen molar-refractivity contribution in [2.24, 2.45) is 5.73 Å². The number of primary amides is 1. The molecule has 8 nitrogen and oxygen atoms in total. The van der Waals surface area contributed by atoms with E-state index < -0.39 is 22.0 Å². The number of amides is 2. The SMILES string of the molecule is NC(=O)[C@@H]1Cc2ccccc2CN1CC(=O)N1CCN(S(=O)(=O)c2ccc3ccccc3c2)CC1. The summed E-state index contributed by atoms with van der Waals surface area (Å²) < 4.78 is 27.9. The molecule has 182 valence electrons. The first-order valence-corrected chi connectivity index (χ1v) is 13.1. The lowest BCUT2D eigenvalue weighted by Gasteiger charge is -2.38. The minimum absolute atomic E-state index is 0.0688. The number of hydrogen-bond donors (Lipinski definition) is 1. The Bertz CT molecular complexity index is 1380. The number of hydrogen-bond acceptors (Lipinski definition) is 5. The van der Waals surface area contributed by atoms with Crippen molar-refractivity contribution in [1.82, 2.24) is 14.1 Å². The molecule has 1 saturated heterocycles. The van der Waals surface area contributed by atoms with Gasteiger partial charge >= 0.3 is 0 Å². The highest BCUT2D eigenvalue weighted by atomic mass is 32.2. The topological polar surface area (TPSA) is 104 Å². The zero-order valence-corrected chi connectivity index (χ0v) is 20.2. The van der Waals surface area contributed by atoms with Gasteiger partial charge in [-0.2, -0.15) is 4.31 Å². The second kappa shape index (κ2) is 9.41. The Morgan fingerprint density at radius 1 is 0.857 bits per heavy atom. The monoisotopic (exact) mass is 492 g/mol. The Labute approximate surface area is 205 Å². The number of benzene rings is 3. The van der Waals surface area contributed by atoms with E-state index in [2.05, 4.69) is 0 Å². The molecule has 2 N–H and O–H groups in total. The fourth-order valence-electron chi connectivity index (χ4n) is 4.95. The summed E-state index contributed by atoms with van der Waals surface area (Å²) in [6.07, 6.45) is 0.483. The van der Waals surface area contributed by atoms with Crippen molar-refractivity contribution in [3.63, 3.8) is 0 Å². The van der Waals surface area contributed by atoms with Crippen LogP contribution in [0.15, 0.2) is 71.6 Å². The van der Waals surface area contributed by atoms with Crippen molar-refractivity contribution in [2.45, 2.75) is 23.9 Å². The summed E-state index contributed by atoms with van der Waals surface area (Å²) in [4.78, 5) is 28.9. The lowest BCUT2D eigenvalue weighted by atomic mass is 9.93. The molecule has 0 saturated carbocycles. The van der Waals surface area contributed by atoms with Crippen LogP contribution in [0.5, 0.6) is 0 Å². The molecule has 0 unspecified atom stereocenters. The van der Waals surface area contributed by atoms with E-state index in [9.17, 15) is 18.0 Å². The third-order valence-electron chi connectivity index (χ3n) is 6.96. The van der Waals surface area contributed by atoms with Gasteiger partial charge in [0.25, 0.3) is 0 Å². The number of fused-ring (bicyclic) bond motifs is 2. The van der Waals surface area contributed by atoms with E-state index in [1.54, 1.807) is 17.0 Å². The smallest absolute Gasteiger partial charge is 0.243 e. The van der Waals surface area contributed by atoms with Gasteiger partial charge in [0.2, 0.25) is 21.8 Å². The average molecular weight is 493 g/mol. The molecule has 3 aromatic carbocycles. The van der Waals surface area contributed by atoms with Gasteiger partial charge in [-0.25, -0.2) is 8.42 Å². The van der Waals surface area contributed by atoms with Crippen LogP contribution in [0.25, 0.3) is 10.8 Å². The van der Waals surface area contributed by atoms with Gasteiger partial charge in [0, 0.05) is 32.7 Å². The summed E-state index contributed by atoms with van der Waals surface area (Å²) in [5.41, 5.74) is 7.81. The summed E-state index contributed by atoms with van der Waals surface area (Å²) >= 11 is 0. The third kappa shape index (κ3) is 4.67. The largest absolute Gasteiger partial charge is 0.368 e. The molecule has 2 aliphatic rings. The predicted molar refractivity (Wildman–Crippen MR) is 133 cm³/mol. The Morgan fingerprint density at radius 2 is 1.51 bits per heavy atom. The Balaban J connectivity index is 1.24. The fraction of sp³-hybridized carbons (Fsp3) is 0.308. The molecule has 1 fully saturated rings. The van der Waals surface area contributed by atoms with E-state index in [0.717, 1.165) is 21.9 Å². The molecule has 9 heteroatoms. The first kappa shape index (κ1) is 23.5. The lowest BCUT2D eigenvalue weighted by molar-refractivity contribution is -0.136. The van der Waals surface area contributed by atoms with Gasteiger partial charge in [0.1, 0.15) is 0 Å². The van der Waals surface area contributed by atoms with E-state index in [1.165, 1.54) is 4.31 Å². The molecule has 2 amide bonds. The maximum absolute atomic E-state index is 13.2. The number of sulfonamides is 1. The zero-order valence-electron chi connectivity index (χ0n) is 19.3. The number of nitrogens with zero attached hydrogens (tertiary/aromatic N) is 3. The Kier molecular flexibility index (Phi) is 6.31. The molecule has 2 heterocycles. The van der Waals surface area contributed by atoms with Gasteiger partial charge in [-0.1, -0.05) is 54.6 Å². The average Bonchev–Trinajstić information content (AvgIpc) is 2.88. The molecule has 1 atom stereocenters. The molecule has 0 spiro atoms. The van der Waals surface area contributed by atoms with E-state index in [4.69, 9.17) is 5.73 Å². The van der Waals surface area contributed by atoms with Crippen molar-refractivity contribution < 1.29 is 18.0 Å². The van der Waals surface area contributed by atoms with E-state index in [0.29, 0.717) is 26.1 Å². The third-order valence-corrected chi connectivity index (χ3v) is 8.86. The fourth-order valence-corrected chi connectivity index (χ4v) is 6.41. The van der Waals surface area contributed by atoms with Gasteiger partial charge in [-0.3, -0.25) is 14.5 Å². The molecular weight excluding hydrogens is 464 g/mol. The molecule has 0 aliphatic carbocycles. The van der Waals surface area contributed by atoms with Gasteiger partial charge in [-0.05, 0) is 40.5 Å². The summed E-state index contributed by atoms with van der Waals surface area (Å²) in [7, 11) is -3.66. The Hall–Kier alpha value is -3.27. The minimum atomic E-state index is -3.66. The first-order chi connectivity index (χ1) is 16.8. The van der Waals surface area contributed by atoms with Gasteiger partial charge in [-0.15, -0.1) is 0 Å². The highest BCUT2D eigenvalue weighted by Gasteiger charge is 2.34. The normalized spacial score (nSPS) is 19.4. The summed E-state index contributed by atoms with van der Waals surface area (Å²) in [5, 5.41) is 1.85. The van der Waals surface area contributed by atoms with Crippen molar-refractivity contribution in [2.75, 3.05) is 32.7 Å². The maximum Gasteiger partial charge on any atom is 0.243 e. The molecule has 3 aromatic rings. The second-order valence-corrected chi connectivity index (χ2v) is 11.0.